The van der Waals surface area contributed by atoms with Crippen LogP contribution in [0.1, 0.15) is 12.0 Å². The third kappa shape index (κ3) is 3.55. The second-order valence-electron chi connectivity index (χ2n) is 3.86. The van der Waals surface area contributed by atoms with Gasteiger partial charge >= 0.3 is 0 Å². The molecule has 1 fully saturated rings. The van der Waals surface area contributed by atoms with Gasteiger partial charge < -0.3 is 10.1 Å². The molecule has 0 aliphatic carbocycles. The molecule has 3 nitrogen and oxygen atoms in total. The predicted octanol–water partition coefficient (Wildman–Crippen LogP) is 1.97. The molecule has 15 heavy (non-hydrogen) atoms. The number of halogens is 1. The Hall–Kier alpha value is -0.450. The number of hydrogen-bond acceptors (Lipinski definition) is 3. The van der Waals surface area contributed by atoms with E-state index in [2.05, 4.69) is 26.2 Å². The van der Waals surface area contributed by atoms with E-state index in [0.717, 1.165) is 24.3 Å². The lowest BCUT2D eigenvalue weighted by atomic mass is 10.1. The molecule has 4 heteroatoms. The van der Waals surface area contributed by atoms with Crippen LogP contribution in [-0.4, -0.2) is 24.7 Å². The zero-order valence-corrected chi connectivity index (χ0v) is 10.2. The average molecular weight is 271 g/mol. The van der Waals surface area contributed by atoms with E-state index in [4.69, 9.17) is 4.74 Å². The Morgan fingerprint density at radius 2 is 2.53 bits per heavy atom. The molecule has 2 rings (SSSR count). The van der Waals surface area contributed by atoms with Gasteiger partial charge in [-0.1, -0.05) is 0 Å². The molecule has 1 aromatic rings. The standard InChI is InChI=1S/C11H15BrN2O/c12-11-5-9(2-4-14-11)7-15-8-10-1-3-13-6-10/h2,4-5,10,13H,1,3,6-8H2/t10-/m1/s1. The first kappa shape index (κ1) is 11.0. The van der Waals surface area contributed by atoms with Crippen molar-refractivity contribution in [2.24, 2.45) is 5.92 Å². The topological polar surface area (TPSA) is 34.1 Å². The minimum Gasteiger partial charge on any atom is -0.376 e. The fraction of sp³-hybridized carbons (Fsp3) is 0.545. The van der Waals surface area contributed by atoms with Crippen molar-refractivity contribution in [1.29, 1.82) is 0 Å². The molecule has 2 heterocycles. The fourth-order valence-corrected chi connectivity index (χ4v) is 2.14. The molecule has 0 bridgehead atoms. The quantitative estimate of drug-likeness (QED) is 0.850. The van der Waals surface area contributed by atoms with Gasteiger partial charge in [0.2, 0.25) is 0 Å². The molecule has 1 aliphatic heterocycles. The van der Waals surface area contributed by atoms with E-state index in [1.54, 1.807) is 6.20 Å². The molecule has 1 N–H and O–H groups in total. The predicted molar refractivity (Wildman–Crippen MR) is 62.6 cm³/mol. The van der Waals surface area contributed by atoms with Crippen molar-refractivity contribution in [2.75, 3.05) is 19.7 Å². The smallest absolute Gasteiger partial charge is 0.106 e. The lowest BCUT2D eigenvalue weighted by Gasteiger charge is -2.09. The van der Waals surface area contributed by atoms with E-state index in [0.29, 0.717) is 12.5 Å². The Bertz CT molecular complexity index is 313. The van der Waals surface area contributed by atoms with Crippen LogP contribution in [0.25, 0.3) is 0 Å². The molecule has 0 unspecified atom stereocenters. The Kier molecular flexibility index (Phi) is 4.11. The fourth-order valence-electron chi connectivity index (χ4n) is 1.73. The minimum atomic E-state index is 0.678. The third-order valence-electron chi connectivity index (χ3n) is 2.58. The van der Waals surface area contributed by atoms with Gasteiger partial charge in [-0.25, -0.2) is 4.98 Å². The number of ether oxygens (including phenoxy) is 1. The lowest BCUT2D eigenvalue weighted by Crippen LogP contribution is -2.13. The number of aromatic nitrogens is 1. The molecular weight excluding hydrogens is 256 g/mol. The molecular formula is C11H15BrN2O. The van der Waals surface area contributed by atoms with Gasteiger partial charge in [-0.2, -0.15) is 0 Å². The van der Waals surface area contributed by atoms with Crippen LogP contribution >= 0.6 is 15.9 Å². The summed E-state index contributed by atoms with van der Waals surface area (Å²) in [6, 6.07) is 3.98. The normalized spacial score (nSPS) is 20.7. The number of nitrogens with one attached hydrogen (secondary N) is 1. The molecule has 1 aromatic heterocycles. The second kappa shape index (κ2) is 5.58. The van der Waals surface area contributed by atoms with Crippen molar-refractivity contribution >= 4 is 15.9 Å². The summed E-state index contributed by atoms with van der Waals surface area (Å²) in [4.78, 5) is 4.08. The van der Waals surface area contributed by atoms with E-state index < -0.39 is 0 Å². The summed E-state index contributed by atoms with van der Waals surface area (Å²) in [5.41, 5.74) is 1.17. The summed E-state index contributed by atoms with van der Waals surface area (Å²) in [7, 11) is 0. The largest absolute Gasteiger partial charge is 0.376 e. The first-order chi connectivity index (χ1) is 7.34. The molecule has 1 atom stereocenters. The van der Waals surface area contributed by atoms with E-state index >= 15 is 0 Å². The molecule has 0 saturated carbocycles. The summed E-state index contributed by atoms with van der Waals surface area (Å²) in [5, 5.41) is 3.33. The number of pyridine rings is 1. The van der Waals surface area contributed by atoms with Crippen LogP contribution in [0.15, 0.2) is 22.9 Å². The van der Waals surface area contributed by atoms with Gasteiger partial charge in [0, 0.05) is 12.7 Å². The van der Waals surface area contributed by atoms with Crippen molar-refractivity contribution in [3.63, 3.8) is 0 Å². The zero-order valence-electron chi connectivity index (χ0n) is 8.58. The number of rotatable bonds is 4. The van der Waals surface area contributed by atoms with Crippen molar-refractivity contribution in [3.05, 3.63) is 28.5 Å². The first-order valence-corrected chi connectivity index (χ1v) is 6.03. The summed E-state index contributed by atoms with van der Waals surface area (Å²) in [6.45, 7) is 3.76. The molecule has 1 aliphatic rings. The molecule has 0 spiro atoms. The van der Waals surface area contributed by atoms with Gasteiger partial charge in [0.1, 0.15) is 4.60 Å². The van der Waals surface area contributed by atoms with E-state index in [1.165, 1.54) is 12.0 Å². The van der Waals surface area contributed by atoms with Gasteiger partial charge in [-0.15, -0.1) is 0 Å². The van der Waals surface area contributed by atoms with Gasteiger partial charge in [0.25, 0.3) is 0 Å². The van der Waals surface area contributed by atoms with Crippen LogP contribution in [0.2, 0.25) is 0 Å². The SMILES string of the molecule is Brc1cc(COC[C@@H]2CCNC2)ccn1. The Labute approximate surface area is 98.4 Å². The highest BCUT2D eigenvalue weighted by Gasteiger charge is 2.13. The Balaban J connectivity index is 1.73. The van der Waals surface area contributed by atoms with Gasteiger partial charge in [-0.3, -0.25) is 0 Å². The highest BCUT2D eigenvalue weighted by Crippen LogP contribution is 2.11. The highest BCUT2D eigenvalue weighted by molar-refractivity contribution is 9.10. The van der Waals surface area contributed by atoms with Crippen LogP contribution in [0.3, 0.4) is 0 Å². The maximum atomic E-state index is 5.67. The molecule has 0 aromatic carbocycles. The van der Waals surface area contributed by atoms with Crippen molar-refractivity contribution in [1.82, 2.24) is 10.3 Å². The Morgan fingerprint density at radius 1 is 1.60 bits per heavy atom. The van der Waals surface area contributed by atoms with E-state index in [1.807, 2.05) is 12.1 Å². The maximum absolute atomic E-state index is 5.67. The first-order valence-electron chi connectivity index (χ1n) is 5.23. The third-order valence-corrected chi connectivity index (χ3v) is 3.01. The summed E-state index contributed by atoms with van der Waals surface area (Å²) < 4.78 is 6.54. The van der Waals surface area contributed by atoms with Gasteiger partial charge in [0.15, 0.2) is 0 Å². The van der Waals surface area contributed by atoms with Crippen LogP contribution in [-0.2, 0) is 11.3 Å². The minimum absolute atomic E-state index is 0.678. The van der Waals surface area contributed by atoms with Crippen molar-refractivity contribution < 1.29 is 4.74 Å². The lowest BCUT2D eigenvalue weighted by molar-refractivity contribution is 0.0924. The summed E-state index contributed by atoms with van der Waals surface area (Å²) in [5.74, 6) is 0.690. The molecule has 1 saturated heterocycles. The van der Waals surface area contributed by atoms with E-state index in [9.17, 15) is 0 Å². The monoisotopic (exact) mass is 270 g/mol. The number of nitrogens with zero attached hydrogens (tertiary/aromatic N) is 1. The molecule has 82 valence electrons. The van der Waals surface area contributed by atoms with Crippen molar-refractivity contribution in [2.45, 2.75) is 13.0 Å². The molecule has 0 radical (unpaired) electrons. The van der Waals surface area contributed by atoms with Gasteiger partial charge in [-0.05, 0) is 52.5 Å². The van der Waals surface area contributed by atoms with Crippen LogP contribution < -0.4 is 5.32 Å². The van der Waals surface area contributed by atoms with Crippen LogP contribution in [0.4, 0.5) is 0 Å². The number of hydrogen-bond donors (Lipinski definition) is 1. The van der Waals surface area contributed by atoms with Crippen LogP contribution in [0, 0.1) is 5.92 Å². The highest BCUT2D eigenvalue weighted by atomic mass is 79.9. The maximum Gasteiger partial charge on any atom is 0.106 e. The average Bonchev–Trinajstić information content (AvgIpc) is 2.71. The zero-order chi connectivity index (χ0) is 10.5. The second-order valence-corrected chi connectivity index (χ2v) is 4.67. The summed E-state index contributed by atoms with van der Waals surface area (Å²) >= 11 is 3.34. The molecule has 0 amide bonds. The van der Waals surface area contributed by atoms with Crippen molar-refractivity contribution in [3.8, 4) is 0 Å². The summed E-state index contributed by atoms with van der Waals surface area (Å²) in [6.07, 6.45) is 3.03. The Morgan fingerprint density at radius 3 is 3.27 bits per heavy atom. The van der Waals surface area contributed by atoms with Gasteiger partial charge in [0.05, 0.1) is 13.2 Å². The van der Waals surface area contributed by atoms with E-state index in [-0.39, 0.29) is 0 Å². The van der Waals surface area contributed by atoms with Crippen LogP contribution in [0.5, 0.6) is 0 Å².